The molecule has 1 aliphatic carbocycles. The van der Waals surface area contributed by atoms with Crippen LogP contribution in [-0.4, -0.2) is 13.1 Å². The molecule has 0 spiro atoms. The van der Waals surface area contributed by atoms with Crippen molar-refractivity contribution in [3.63, 3.8) is 0 Å². The summed E-state index contributed by atoms with van der Waals surface area (Å²) in [4.78, 5) is 11.8. The third-order valence-electron chi connectivity index (χ3n) is 4.45. The van der Waals surface area contributed by atoms with Crippen LogP contribution in [-0.2, 0) is 9.53 Å². The van der Waals surface area contributed by atoms with E-state index in [0.717, 1.165) is 24.8 Å². The van der Waals surface area contributed by atoms with Crippen molar-refractivity contribution in [3.8, 4) is 0 Å². The molecule has 2 atom stereocenters. The lowest BCUT2D eigenvalue weighted by molar-refractivity contribution is -0.148. The Balaban J connectivity index is 2.16. The van der Waals surface area contributed by atoms with E-state index in [1.165, 1.54) is 12.7 Å². The van der Waals surface area contributed by atoms with Gasteiger partial charge in [-0.2, -0.15) is 0 Å². The molecule has 2 rings (SSSR count). The predicted octanol–water partition coefficient (Wildman–Crippen LogP) is 3.15. The summed E-state index contributed by atoms with van der Waals surface area (Å²) in [6.07, 6.45) is 2.78. The summed E-state index contributed by atoms with van der Waals surface area (Å²) in [7, 11) is 1.43. The summed E-state index contributed by atoms with van der Waals surface area (Å²) in [6.45, 7) is 4.40. The average Bonchev–Trinajstić information content (AvgIpc) is 3.26. The van der Waals surface area contributed by atoms with Crippen LogP contribution < -0.4 is 5.73 Å². The van der Waals surface area contributed by atoms with E-state index < -0.39 is 5.41 Å². The van der Waals surface area contributed by atoms with Gasteiger partial charge in [0.15, 0.2) is 0 Å². The number of ether oxygens (including phenoxy) is 1. The smallest absolute Gasteiger partial charge is 0.313 e. The van der Waals surface area contributed by atoms with Crippen LogP contribution in [0.1, 0.15) is 56.2 Å². The molecule has 0 saturated heterocycles. The maximum atomic E-state index is 11.8. The fraction of sp³-hybridized carbons (Fsp3) is 0.562. The average molecular weight is 261 g/mol. The molecule has 0 aliphatic heterocycles. The van der Waals surface area contributed by atoms with Crippen molar-refractivity contribution < 1.29 is 9.53 Å². The number of nitrogens with two attached hydrogens (primary N) is 1. The zero-order chi connectivity index (χ0) is 14.0. The van der Waals surface area contributed by atoms with Gasteiger partial charge in [0.25, 0.3) is 0 Å². The van der Waals surface area contributed by atoms with E-state index in [2.05, 4.69) is 38.1 Å². The van der Waals surface area contributed by atoms with E-state index in [9.17, 15) is 4.79 Å². The van der Waals surface area contributed by atoms with E-state index in [1.807, 2.05) is 0 Å². The highest BCUT2D eigenvalue weighted by Gasteiger charge is 2.56. The minimum absolute atomic E-state index is 0.175. The van der Waals surface area contributed by atoms with Gasteiger partial charge >= 0.3 is 5.97 Å². The fourth-order valence-corrected chi connectivity index (χ4v) is 2.57. The van der Waals surface area contributed by atoms with Crippen molar-refractivity contribution in [1.29, 1.82) is 0 Å². The van der Waals surface area contributed by atoms with Crippen LogP contribution >= 0.6 is 0 Å². The summed E-state index contributed by atoms with van der Waals surface area (Å²) in [5.41, 5.74) is 8.13. The first-order valence-electron chi connectivity index (χ1n) is 6.99. The molecule has 0 radical (unpaired) electrons. The molecule has 104 valence electrons. The Bertz CT molecular complexity index is 448. The number of esters is 1. The van der Waals surface area contributed by atoms with Crippen molar-refractivity contribution in [2.24, 2.45) is 11.1 Å². The number of methoxy groups -OCH3 is 1. The van der Waals surface area contributed by atoms with Crippen molar-refractivity contribution in [2.45, 2.75) is 45.1 Å². The van der Waals surface area contributed by atoms with Gasteiger partial charge in [0, 0.05) is 6.04 Å². The van der Waals surface area contributed by atoms with Gasteiger partial charge in [-0.05, 0) is 36.3 Å². The quantitative estimate of drug-likeness (QED) is 0.828. The predicted molar refractivity (Wildman–Crippen MR) is 75.8 cm³/mol. The number of benzene rings is 1. The topological polar surface area (TPSA) is 52.3 Å². The van der Waals surface area contributed by atoms with E-state index in [0.29, 0.717) is 5.92 Å². The first-order valence-corrected chi connectivity index (χ1v) is 6.99. The molecule has 1 aromatic rings. The minimum Gasteiger partial charge on any atom is -0.469 e. The molecule has 1 aromatic carbocycles. The van der Waals surface area contributed by atoms with E-state index >= 15 is 0 Å². The lowest BCUT2D eigenvalue weighted by Gasteiger charge is -2.22. The van der Waals surface area contributed by atoms with Crippen LogP contribution in [0, 0.1) is 5.41 Å². The summed E-state index contributed by atoms with van der Waals surface area (Å²) in [6, 6.07) is 8.09. The molecule has 1 saturated carbocycles. The molecular weight excluding hydrogens is 238 g/mol. The van der Waals surface area contributed by atoms with Gasteiger partial charge in [0.2, 0.25) is 0 Å². The standard InChI is InChI=1S/C16H23NO2/c1-4-11(2)12-5-7-13(8-6-12)14(17)16(9-10-16)15(18)19-3/h5-8,11,14H,4,9-10,17H2,1-3H3. The van der Waals surface area contributed by atoms with Gasteiger partial charge in [0.05, 0.1) is 12.5 Å². The number of hydrogen-bond acceptors (Lipinski definition) is 3. The Hall–Kier alpha value is -1.35. The lowest BCUT2D eigenvalue weighted by atomic mass is 9.89. The molecular formula is C16H23NO2. The Labute approximate surface area is 115 Å². The van der Waals surface area contributed by atoms with Crippen LogP contribution in [0.5, 0.6) is 0 Å². The van der Waals surface area contributed by atoms with Gasteiger partial charge in [-0.15, -0.1) is 0 Å². The molecule has 1 aliphatic rings. The van der Waals surface area contributed by atoms with E-state index in [1.54, 1.807) is 0 Å². The third kappa shape index (κ3) is 2.52. The Morgan fingerprint density at radius 2 is 1.84 bits per heavy atom. The van der Waals surface area contributed by atoms with Gasteiger partial charge in [-0.1, -0.05) is 38.1 Å². The summed E-state index contributed by atoms with van der Waals surface area (Å²) in [5, 5.41) is 0. The van der Waals surface area contributed by atoms with Gasteiger partial charge < -0.3 is 10.5 Å². The second-order valence-electron chi connectivity index (χ2n) is 5.60. The summed E-state index contributed by atoms with van der Waals surface area (Å²) in [5.74, 6) is 0.381. The molecule has 2 unspecified atom stereocenters. The number of hydrogen-bond donors (Lipinski definition) is 1. The molecule has 19 heavy (non-hydrogen) atoms. The highest BCUT2D eigenvalue weighted by molar-refractivity contribution is 5.81. The molecule has 0 heterocycles. The van der Waals surface area contributed by atoms with Crippen LogP contribution in [0.3, 0.4) is 0 Å². The van der Waals surface area contributed by atoms with E-state index in [4.69, 9.17) is 10.5 Å². The Morgan fingerprint density at radius 1 is 1.32 bits per heavy atom. The summed E-state index contributed by atoms with van der Waals surface area (Å²) >= 11 is 0. The second kappa shape index (κ2) is 5.33. The zero-order valence-electron chi connectivity index (χ0n) is 12.0. The van der Waals surface area contributed by atoms with Crippen molar-refractivity contribution in [3.05, 3.63) is 35.4 Å². The highest BCUT2D eigenvalue weighted by Crippen LogP contribution is 2.54. The minimum atomic E-state index is -0.480. The molecule has 1 fully saturated rings. The van der Waals surface area contributed by atoms with Crippen molar-refractivity contribution in [1.82, 2.24) is 0 Å². The normalized spacial score (nSPS) is 19.6. The SMILES string of the molecule is CCC(C)c1ccc(C(N)C2(C(=O)OC)CC2)cc1. The molecule has 3 heteroatoms. The molecule has 3 nitrogen and oxygen atoms in total. The first-order chi connectivity index (χ1) is 9.05. The third-order valence-corrected chi connectivity index (χ3v) is 4.45. The second-order valence-corrected chi connectivity index (χ2v) is 5.60. The lowest BCUT2D eigenvalue weighted by Crippen LogP contribution is -2.31. The number of rotatable bonds is 5. The highest BCUT2D eigenvalue weighted by atomic mass is 16.5. The molecule has 0 bridgehead atoms. The number of carbonyl (C=O) groups excluding carboxylic acids is 1. The number of carbonyl (C=O) groups is 1. The van der Waals surface area contributed by atoms with Crippen LogP contribution in [0.15, 0.2) is 24.3 Å². The van der Waals surface area contributed by atoms with Crippen LogP contribution in [0.25, 0.3) is 0 Å². The largest absolute Gasteiger partial charge is 0.469 e. The molecule has 0 amide bonds. The maximum absolute atomic E-state index is 11.8. The van der Waals surface area contributed by atoms with Crippen LogP contribution in [0.2, 0.25) is 0 Å². The fourth-order valence-electron chi connectivity index (χ4n) is 2.57. The van der Waals surface area contributed by atoms with Crippen LogP contribution in [0.4, 0.5) is 0 Å². The monoisotopic (exact) mass is 261 g/mol. The van der Waals surface area contributed by atoms with Crippen molar-refractivity contribution >= 4 is 5.97 Å². The Morgan fingerprint density at radius 3 is 2.26 bits per heavy atom. The molecule has 2 N–H and O–H groups in total. The van der Waals surface area contributed by atoms with Gasteiger partial charge in [0.1, 0.15) is 0 Å². The zero-order valence-corrected chi connectivity index (χ0v) is 12.0. The van der Waals surface area contributed by atoms with Gasteiger partial charge in [-0.25, -0.2) is 0 Å². The molecule has 0 aromatic heterocycles. The maximum Gasteiger partial charge on any atom is 0.313 e. The summed E-state index contributed by atoms with van der Waals surface area (Å²) < 4.78 is 4.88. The van der Waals surface area contributed by atoms with Crippen molar-refractivity contribution in [2.75, 3.05) is 7.11 Å². The first kappa shape index (κ1) is 14.1. The van der Waals surface area contributed by atoms with E-state index in [-0.39, 0.29) is 12.0 Å². The Kier molecular flexibility index (Phi) is 3.95. The van der Waals surface area contributed by atoms with Gasteiger partial charge in [-0.3, -0.25) is 4.79 Å².